The van der Waals surface area contributed by atoms with Gasteiger partial charge >= 0.3 is 0 Å². The summed E-state index contributed by atoms with van der Waals surface area (Å²) in [6.07, 6.45) is 5.98. The first-order valence-corrected chi connectivity index (χ1v) is 6.80. The monoisotopic (exact) mass is 241 g/mol. The molecule has 1 aromatic heterocycles. The van der Waals surface area contributed by atoms with Crippen LogP contribution in [0.4, 0.5) is 0 Å². The van der Waals surface area contributed by atoms with E-state index in [0.29, 0.717) is 5.92 Å². The van der Waals surface area contributed by atoms with E-state index in [1.165, 1.54) is 19.3 Å². The summed E-state index contributed by atoms with van der Waals surface area (Å²) in [4.78, 5) is 0. The molecule has 3 nitrogen and oxygen atoms in total. The fraction of sp³-hybridized carbons (Fsp3) is 0.833. The standard InChI is InChI=1S/C12H23N3S/c1-4-7-8-10(6-3)11-13-14-12(16)15(11)9-5-2/h10H,4-9H2,1-3H3,(H,14,16). The molecule has 0 aliphatic carbocycles. The van der Waals surface area contributed by atoms with Crippen molar-refractivity contribution in [3.8, 4) is 0 Å². The number of hydrogen-bond acceptors (Lipinski definition) is 2. The first-order chi connectivity index (χ1) is 7.74. The van der Waals surface area contributed by atoms with Gasteiger partial charge in [-0.25, -0.2) is 0 Å². The summed E-state index contributed by atoms with van der Waals surface area (Å²) in [6.45, 7) is 7.61. The Morgan fingerprint density at radius 1 is 1.31 bits per heavy atom. The van der Waals surface area contributed by atoms with E-state index in [9.17, 15) is 0 Å². The zero-order valence-electron chi connectivity index (χ0n) is 10.6. The number of unbranched alkanes of at least 4 members (excludes halogenated alkanes) is 1. The summed E-state index contributed by atoms with van der Waals surface area (Å²) in [6, 6.07) is 0. The van der Waals surface area contributed by atoms with Crippen molar-refractivity contribution in [3.05, 3.63) is 10.6 Å². The van der Waals surface area contributed by atoms with E-state index in [4.69, 9.17) is 12.2 Å². The topological polar surface area (TPSA) is 33.6 Å². The number of aromatic amines is 1. The van der Waals surface area contributed by atoms with Gasteiger partial charge in [0.1, 0.15) is 5.82 Å². The third-order valence-electron chi connectivity index (χ3n) is 3.00. The van der Waals surface area contributed by atoms with E-state index in [2.05, 4.69) is 35.5 Å². The van der Waals surface area contributed by atoms with Gasteiger partial charge < -0.3 is 4.57 Å². The van der Waals surface area contributed by atoms with E-state index >= 15 is 0 Å². The number of rotatable bonds is 7. The largest absolute Gasteiger partial charge is 0.304 e. The maximum absolute atomic E-state index is 5.26. The minimum atomic E-state index is 0.555. The summed E-state index contributed by atoms with van der Waals surface area (Å²) in [5, 5.41) is 7.33. The highest BCUT2D eigenvalue weighted by Crippen LogP contribution is 2.24. The second-order valence-corrected chi connectivity index (χ2v) is 4.67. The first-order valence-electron chi connectivity index (χ1n) is 6.39. The minimum absolute atomic E-state index is 0.555. The van der Waals surface area contributed by atoms with E-state index in [-0.39, 0.29) is 0 Å². The lowest BCUT2D eigenvalue weighted by atomic mass is 9.98. The molecule has 0 amide bonds. The molecule has 1 N–H and O–H groups in total. The predicted octanol–water partition coefficient (Wildman–Crippen LogP) is 4.03. The molecule has 0 bridgehead atoms. The van der Waals surface area contributed by atoms with E-state index < -0.39 is 0 Å². The summed E-state index contributed by atoms with van der Waals surface area (Å²) in [5.74, 6) is 1.71. The molecule has 0 fully saturated rings. The van der Waals surface area contributed by atoms with Crippen molar-refractivity contribution >= 4 is 12.2 Å². The quantitative estimate of drug-likeness (QED) is 0.731. The van der Waals surface area contributed by atoms with E-state index in [1.54, 1.807) is 0 Å². The highest BCUT2D eigenvalue weighted by molar-refractivity contribution is 7.71. The number of H-pyrrole nitrogens is 1. The van der Waals surface area contributed by atoms with E-state index in [1.807, 2.05) is 0 Å². The van der Waals surface area contributed by atoms with Gasteiger partial charge in [-0.1, -0.05) is 33.6 Å². The third kappa shape index (κ3) is 3.17. The van der Waals surface area contributed by atoms with Gasteiger partial charge in [0.2, 0.25) is 0 Å². The van der Waals surface area contributed by atoms with Crippen LogP contribution in [0.15, 0.2) is 0 Å². The van der Waals surface area contributed by atoms with Gasteiger partial charge in [0, 0.05) is 12.5 Å². The maximum atomic E-state index is 5.26. The van der Waals surface area contributed by atoms with Gasteiger partial charge in [-0.3, -0.25) is 5.10 Å². The SMILES string of the molecule is CCCCC(CC)c1n[nH]c(=S)n1CCC. The number of nitrogens with zero attached hydrogens (tertiary/aromatic N) is 2. The Hall–Kier alpha value is -0.640. The van der Waals surface area contributed by atoms with Gasteiger partial charge in [-0.2, -0.15) is 5.10 Å². The molecule has 0 aromatic carbocycles. The average molecular weight is 241 g/mol. The van der Waals surface area contributed by atoms with Crippen LogP contribution in [0.1, 0.15) is 64.6 Å². The van der Waals surface area contributed by atoms with Crippen LogP contribution >= 0.6 is 12.2 Å². The predicted molar refractivity (Wildman–Crippen MR) is 70.3 cm³/mol. The Bertz CT molecular complexity index is 353. The lowest BCUT2D eigenvalue weighted by Gasteiger charge is -2.14. The molecule has 16 heavy (non-hydrogen) atoms. The van der Waals surface area contributed by atoms with Crippen LogP contribution in [0.3, 0.4) is 0 Å². The molecular weight excluding hydrogens is 218 g/mol. The van der Waals surface area contributed by atoms with Crippen LogP contribution in [0.2, 0.25) is 0 Å². The van der Waals surface area contributed by atoms with Crippen LogP contribution < -0.4 is 0 Å². The fourth-order valence-electron chi connectivity index (χ4n) is 2.05. The van der Waals surface area contributed by atoms with Crippen molar-refractivity contribution in [2.24, 2.45) is 0 Å². The third-order valence-corrected chi connectivity index (χ3v) is 3.31. The Morgan fingerprint density at radius 2 is 2.06 bits per heavy atom. The minimum Gasteiger partial charge on any atom is -0.304 e. The van der Waals surface area contributed by atoms with Gasteiger partial charge in [0.15, 0.2) is 4.77 Å². The second kappa shape index (κ2) is 6.84. The van der Waals surface area contributed by atoms with Crippen molar-refractivity contribution in [2.75, 3.05) is 0 Å². The number of nitrogens with one attached hydrogen (secondary N) is 1. The van der Waals surface area contributed by atoms with Crippen LogP contribution in [0.25, 0.3) is 0 Å². The normalized spacial score (nSPS) is 12.9. The molecule has 0 saturated heterocycles. The Labute approximate surface area is 103 Å². The van der Waals surface area contributed by atoms with Gasteiger partial charge in [0.25, 0.3) is 0 Å². The zero-order chi connectivity index (χ0) is 12.0. The fourth-order valence-corrected chi connectivity index (χ4v) is 2.28. The van der Waals surface area contributed by atoms with Crippen LogP contribution in [-0.4, -0.2) is 14.8 Å². The van der Waals surface area contributed by atoms with Crippen molar-refractivity contribution in [1.82, 2.24) is 14.8 Å². The molecule has 0 radical (unpaired) electrons. The summed E-state index contributed by atoms with van der Waals surface area (Å²) in [7, 11) is 0. The zero-order valence-corrected chi connectivity index (χ0v) is 11.4. The molecule has 92 valence electrons. The Morgan fingerprint density at radius 3 is 2.62 bits per heavy atom. The first kappa shape index (κ1) is 13.4. The van der Waals surface area contributed by atoms with Crippen molar-refractivity contribution in [3.63, 3.8) is 0 Å². The number of aromatic nitrogens is 3. The summed E-state index contributed by atoms with van der Waals surface area (Å²) >= 11 is 5.26. The Balaban J connectivity index is 2.86. The molecule has 0 aliphatic heterocycles. The van der Waals surface area contributed by atoms with Crippen LogP contribution in [0.5, 0.6) is 0 Å². The number of hydrogen-bond donors (Lipinski definition) is 1. The van der Waals surface area contributed by atoms with Gasteiger partial charge in [-0.15, -0.1) is 0 Å². The van der Waals surface area contributed by atoms with Crippen molar-refractivity contribution in [1.29, 1.82) is 0 Å². The lowest BCUT2D eigenvalue weighted by molar-refractivity contribution is 0.505. The smallest absolute Gasteiger partial charge is 0.195 e. The van der Waals surface area contributed by atoms with Crippen molar-refractivity contribution in [2.45, 2.75) is 65.3 Å². The Kier molecular flexibility index (Phi) is 5.74. The molecule has 0 spiro atoms. The molecule has 1 atom stereocenters. The van der Waals surface area contributed by atoms with Gasteiger partial charge in [0.05, 0.1) is 0 Å². The van der Waals surface area contributed by atoms with Crippen LogP contribution in [0, 0.1) is 4.77 Å². The molecule has 1 aromatic rings. The second-order valence-electron chi connectivity index (χ2n) is 4.29. The highest BCUT2D eigenvalue weighted by Gasteiger charge is 2.15. The average Bonchev–Trinajstić information content (AvgIpc) is 2.63. The van der Waals surface area contributed by atoms with Crippen molar-refractivity contribution < 1.29 is 0 Å². The molecule has 0 aliphatic rings. The van der Waals surface area contributed by atoms with E-state index in [0.717, 1.165) is 30.0 Å². The summed E-state index contributed by atoms with van der Waals surface area (Å²) < 4.78 is 2.94. The maximum Gasteiger partial charge on any atom is 0.195 e. The van der Waals surface area contributed by atoms with Crippen LogP contribution in [-0.2, 0) is 6.54 Å². The van der Waals surface area contributed by atoms with Gasteiger partial charge in [-0.05, 0) is 31.5 Å². The molecule has 1 unspecified atom stereocenters. The molecule has 1 heterocycles. The molecule has 1 rings (SSSR count). The molecular formula is C12H23N3S. The molecule has 0 saturated carbocycles. The molecule has 4 heteroatoms. The lowest BCUT2D eigenvalue weighted by Crippen LogP contribution is -2.09. The highest BCUT2D eigenvalue weighted by atomic mass is 32.1. The summed E-state index contributed by atoms with van der Waals surface area (Å²) in [5.41, 5.74) is 0.